The standard InChI is InChI=1S/C11H17NO3.ClH/c1-11(2,6-13)10(12)7-4-3-5-8(14)9(7)15;/h3-5,10,13-15H,6,12H2,1-2H3;1H/t10-;/m0./s1. The highest BCUT2D eigenvalue weighted by atomic mass is 35.5. The van der Waals surface area contributed by atoms with Crippen molar-refractivity contribution in [3.8, 4) is 11.5 Å². The van der Waals surface area contributed by atoms with Crippen LogP contribution in [0.5, 0.6) is 11.5 Å². The minimum atomic E-state index is -0.550. The summed E-state index contributed by atoms with van der Waals surface area (Å²) in [5.41, 5.74) is 5.81. The lowest BCUT2D eigenvalue weighted by Gasteiger charge is -2.30. The monoisotopic (exact) mass is 247 g/mol. The van der Waals surface area contributed by atoms with Crippen LogP contribution in [0.4, 0.5) is 0 Å². The molecule has 0 heterocycles. The molecule has 92 valence electrons. The molecule has 0 bridgehead atoms. The van der Waals surface area contributed by atoms with Crippen LogP contribution < -0.4 is 5.73 Å². The minimum absolute atomic E-state index is 0. The van der Waals surface area contributed by atoms with Crippen LogP contribution in [0.15, 0.2) is 18.2 Å². The van der Waals surface area contributed by atoms with Gasteiger partial charge in [0.1, 0.15) is 0 Å². The van der Waals surface area contributed by atoms with E-state index in [1.807, 2.05) is 0 Å². The molecule has 1 aromatic carbocycles. The zero-order valence-corrected chi connectivity index (χ0v) is 10.2. The summed E-state index contributed by atoms with van der Waals surface area (Å²) in [5, 5.41) is 28.1. The van der Waals surface area contributed by atoms with Crippen LogP contribution >= 0.6 is 12.4 Å². The summed E-state index contributed by atoms with van der Waals surface area (Å²) >= 11 is 0. The molecule has 0 unspecified atom stereocenters. The van der Waals surface area contributed by atoms with E-state index >= 15 is 0 Å². The smallest absolute Gasteiger partial charge is 0.162 e. The topological polar surface area (TPSA) is 86.7 Å². The van der Waals surface area contributed by atoms with Crippen LogP contribution in [0.1, 0.15) is 25.5 Å². The first-order chi connectivity index (χ1) is 6.90. The Morgan fingerprint density at radius 1 is 1.31 bits per heavy atom. The van der Waals surface area contributed by atoms with E-state index < -0.39 is 11.5 Å². The van der Waals surface area contributed by atoms with Crippen LogP contribution in [0.2, 0.25) is 0 Å². The summed E-state index contributed by atoms with van der Waals surface area (Å²) in [5.74, 6) is -0.414. The highest BCUT2D eigenvalue weighted by Gasteiger charge is 2.29. The van der Waals surface area contributed by atoms with E-state index in [1.165, 1.54) is 6.07 Å². The molecule has 4 nitrogen and oxygen atoms in total. The molecular formula is C11H18ClNO3. The van der Waals surface area contributed by atoms with Crippen molar-refractivity contribution in [2.75, 3.05) is 6.61 Å². The molecule has 0 aromatic heterocycles. The number of aliphatic hydroxyl groups excluding tert-OH is 1. The highest BCUT2D eigenvalue weighted by Crippen LogP contribution is 2.38. The average Bonchev–Trinajstić information content (AvgIpc) is 2.21. The fraction of sp³-hybridized carbons (Fsp3) is 0.455. The van der Waals surface area contributed by atoms with Crippen LogP contribution in [-0.2, 0) is 0 Å². The SMILES string of the molecule is CC(C)(CO)[C@@H](N)c1cccc(O)c1O.Cl. The van der Waals surface area contributed by atoms with Crippen molar-refractivity contribution < 1.29 is 15.3 Å². The van der Waals surface area contributed by atoms with Crippen molar-refractivity contribution in [2.24, 2.45) is 11.1 Å². The largest absolute Gasteiger partial charge is 0.504 e. The zero-order chi connectivity index (χ0) is 11.6. The maximum Gasteiger partial charge on any atom is 0.162 e. The maximum atomic E-state index is 9.62. The number of rotatable bonds is 3. The van der Waals surface area contributed by atoms with Crippen molar-refractivity contribution in [1.82, 2.24) is 0 Å². The fourth-order valence-corrected chi connectivity index (χ4v) is 1.32. The molecule has 5 N–H and O–H groups in total. The van der Waals surface area contributed by atoms with Crippen molar-refractivity contribution in [3.63, 3.8) is 0 Å². The highest BCUT2D eigenvalue weighted by molar-refractivity contribution is 5.85. The van der Waals surface area contributed by atoms with Crippen LogP contribution in [-0.4, -0.2) is 21.9 Å². The van der Waals surface area contributed by atoms with E-state index in [1.54, 1.807) is 26.0 Å². The molecule has 1 aromatic rings. The summed E-state index contributed by atoms with van der Waals surface area (Å²) in [6, 6.07) is 4.10. The summed E-state index contributed by atoms with van der Waals surface area (Å²) in [6.07, 6.45) is 0. The fourth-order valence-electron chi connectivity index (χ4n) is 1.32. The number of benzene rings is 1. The van der Waals surface area contributed by atoms with Gasteiger partial charge in [-0.15, -0.1) is 12.4 Å². The number of phenols is 2. The van der Waals surface area contributed by atoms with Crippen molar-refractivity contribution in [1.29, 1.82) is 0 Å². The van der Waals surface area contributed by atoms with Crippen LogP contribution in [0.3, 0.4) is 0 Å². The summed E-state index contributed by atoms with van der Waals surface area (Å²) in [4.78, 5) is 0. The first-order valence-electron chi connectivity index (χ1n) is 4.77. The first-order valence-corrected chi connectivity index (χ1v) is 4.77. The summed E-state index contributed by atoms with van der Waals surface area (Å²) in [6.45, 7) is 3.49. The van der Waals surface area contributed by atoms with Gasteiger partial charge in [-0.25, -0.2) is 0 Å². The molecule has 0 fully saturated rings. The Hall–Kier alpha value is -0.970. The third-order valence-corrected chi connectivity index (χ3v) is 2.63. The number of halogens is 1. The number of nitrogens with two attached hydrogens (primary N) is 1. The number of hydrogen-bond donors (Lipinski definition) is 4. The number of phenolic OH excluding ortho intramolecular Hbond substituents is 2. The molecule has 0 aliphatic heterocycles. The number of aliphatic hydroxyl groups is 1. The van der Waals surface area contributed by atoms with Gasteiger partial charge in [-0.1, -0.05) is 26.0 Å². The normalized spacial score (nSPS) is 13.0. The van der Waals surface area contributed by atoms with Crippen LogP contribution in [0, 0.1) is 5.41 Å². The Balaban J connectivity index is 0.00000225. The van der Waals surface area contributed by atoms with Gasteiger partial charge in [0.15, 0.2) is 11.5 Å². The molecule has 1 atom stereocenters. The molecular weight excluding hydrogens is 230 g/mol. The molecule has 16 heavy (non-hydrogen) atoms. The molecule has 0 saturated heterocycles. The number of para-hydroxylation sites is 1. The van der Waals surface area contributed by atoms with E-state index in [9.17, 15) is 10.2 Å². The molecule has 0 aliphatic rings. The molecule has 1 rings (SSSR count). The second kappa shape index (κ2) is 5.39. The van der Waals surface area contributed by atoms with Gasteiger partial charge in [-0.2, -0.15) is 0 Å². The molecule has 0 radical (unpaired) electrons. The Bertz CT molecular complexity index is 355. The molecule has 0 spiro atoms. The van der Waals surface area contributed by atoms with Crippen LogP contribution in [0.25, 0.3) is 0 Å². The lowest BCUT2D eigenvalue weighted by Crippen LogP contribution is -2.32. The Morgan fingerprint density at radius 3 is 2.38 bits per heavy atom. The molecule has 5 heteroatoms. The average molecular weight is 248 g/mol. The van der Waals surface area contributed by atoms with Gasteiger partial charge < -0.3 is 21.1 Å². The number of aromatic hydroxyl groups is 2. The van der Waals surface area contributed by atoms with Crippen molar-refractivity contribution in [2.45, 2.75) is 19.9 Å². The van der Waals surface area contributed by atoms with Crippen molar-refractivity contribution >= 4 is 12.4 Å². The third kappa shape index (κ3) is 2.78. The van der Waals surface area contributed by atoms with Gasteiger partial charge in [0.05, 0.1) is 0 Å². The minimum Gasteiger partial charge on any atom is -0.504 e. The van der Waals surface area contributed by atoms with Gasteiger partial charge in [0, 0.05) is 23.6 Å². The van der Waals surface area contributed by atoms with Gasteiger partial charge in [0.25, 0.3) is 0 Å². The van der Waals surface area contributed by atoms with Gasteiger partial charge in [-0.3, -0.25) is 0 Å². The van der Waals surface area contributed by atoms with E-state index in [0.29, 0.717) is 5.56 Å². The quantitative estimate of drug-likeness (QED) is 0.611. The maximum absolute atomic E-state index is 9.62. The lowest BCUT2D eigenvalue weighted by atomic mass is 9.81. The first kappa shape index (κ1) is 15.0. The predicted molar refractivity (Wildman–Crippen MR) is 64.8 cm³/mol. The summed E-state index contributed by atoms with van der Waals surface area (Å²) in [7, 11) is 0. The second-order valence-electron chi connectivity index (χ2n) is 4.34. The predicted octanol–water partition coefficient (Wildman–Crippen LogP) is 1.54. The Labute approximate surface area is 101 Å². The number of hydrogen-bond acceptors (Lipinski definition) is 4. The zero-order valence-electron chi connectivity index (χ0n) is 9.34. The summed E-state index contributed by atoms with van der Waals surface area (Å²) < 4.78 is 0. The Morgan fingerprint density at radius 2 is 1.88 bits per heavy atom. The lowest BCUT2D eigenvalue weighted by molar-refractivity contribution is 0.131. The van der Waals surface area contributed by atoms with Gasteiger partial charge in [-0.05, 0) is 6.07 Å². The van der Waals surface area contributed by atoms with E-state index in [-0.39, 0.29) is 30.5 Å². The molecule has 0 aliphatic carbocycles. The molecule has 0 saturated carbocycles. The van der Waals surface area contributed by atoms with Crippen molar-refractivity contribution in [3.05, 3.63) is 23.8 Å². The van der Waals surface area contributed by atoms with E-state index in [0.717, 1.165) is 0 Å². The Kier molecular flexibility index (Phi) is 5.06. The third-order valence-electron chi connectivity index (χ3n) is 2.63. The molecule has 0 amide bonds. The van der Waals surface area contributed by atoms with Gasteiger partial charge in [0.2, 0.25) is 0 Å². The van der Waals surface area contributed by atoms with E-state index in [2.05, 4.69) is 0 Å². The van der Waals surface area contributed by atoms with Gasteiger partial charge >= 0.3 is 0 Å². The second-order valence-corrected chi connectivity index (χ2v) is 4.34. The van der Waals surface area contributed by atoms with E-state index in [4.69, 9.17) is 10.8 Å².